The van der Waals surface area contributed by atoms with Crippen LogP contribution in [0.4, 0.5) is 10.7 Å². The van der Waals surface area contributed by atoms with E-state index in [0.717, 1.165) is 41.3 Å². The maximum absolute atomic E-state index is 13.7. The lowest BCUT2D eigenvalue weighted by atomic mass is 9.72. The summed E-state index contributed by atoms with van der Waals surface area (Å²) in [6, 6.07) is 17.2. The second-order valence-corrected chi connectivity index (χ2v) is 11.0. The van der Waals surface area contributed by atoms with Gasteiger partial charge in [-0.15, -0.1) is 11.3 Å². The van der Waals surface area contributed by atoms with Crippen LogP contribution in [0.15, 0.2) is 65.3 Å². The molecular formula is C28H28N2O3S. The smallest absolute Gasteiger partial charge is 0.291 e. The highest BCUT2D eigenvalue weighted by atomic mass is 32.1. The Morgan fingerprint density at radius 1 is 0.971 bits per heavy atom. The summed E-state index contributed by atoms with van der Waals surface area (Å²) in [4.78, 5) is 27.7. The number of furan rings is 1. The van der Waals surface area contributed by atoms with Gasteiger partial charge in [0.05, 0.1) is 11.8 Å². The lowest BCUT2D eigenvalue weighted by Gasteiger charge is -2.33. The number of hydrogen-bond acceptors (Lipinski definition) is 4. The van der Waals surface area contributed by atoms with E-state index in [0.29, 0.717) is 16.5 Å². The highest BCUT2D eigenvalue weighted by Gasteiger charge is 2.34. The maximum Gasteiger partial charge on any atom is 0.291 e. The summed E-state index contributed by atoms with van der Waals surface area (Å²) in [5, 5.41) is 8.70. The molecule has 1 atom stereocenters. The van der Waals surface area contributed by atoms with E-state index in [2.05, 4.69) is 31.4 Å². The summed E-state index contributed by atoms with van der Waals surface area (Å²) in [6.07, 6.45) is 4.22. The molecule has 2 amide bonds. The molecule has 5 nitrogen and oxygen atoms in total. The second kappa shape index (κ2) is 8.76. The monoisotopic (exact) mass is 472 g/mol. The molecule has 2 aromatic carbocycles. The average molecular weight is 473 g/mol. The van der Waals surface area contributed by atoms with E-state index >= 15 is 0 Å². The number of benzene rings is 2. The molecular weight excluding hydrogens is 444 g/mol. The summed E-state index contributed by atoms with van der Waals surface area (Å²) < 4.78 is 5.27. The summed E-state index contributed by atoms with van der Waals surface area (Å²) in [6.45, 7) is 6.80. The summed E-state index contributed by atoms with van der Waals surface area (Å²) in [5.74, 6) is 0.202. The average Bonchev–Trinajstić information content (AvgIpc) is 3.46. The predicted molar refractivity (Wildman–Crippen MR) is 138 cm³/mol. The van der Waals surface area contributed by atoms with Gasteiger partial charge in [-0.2, -0.15) is 0 Å². The number of thiophene rings is 1. The minimum atomic E-state index is -0.352. The van der Waals surface area contributed by atoms with Crippen LogP contribution in [0.25, 0.3) is 10.8 Å². The molecule has 0 bridgehead atoms. The molecule has 0 aliphatic heterocycles. The van der Waals surface area contributed by atoms with Gasteiger partial charge in [0.15, 0.2) is 5.76 Å². The van der Waals surface area contributed by atoms with Crippen molar-refractivity contribution in [3.63, 3.8) is 0 Å². The number of anilines is 2. The van der Waals surface area contributed by atoms with Crippen molar-refractivity contribution in [1.29, 1.82) is 0 Å². The molecule has 4 aromatic rings. The van der Waals surface area contributed by atoms with Crippen molar-refractivity contribution in [1.82, 2.24) is 0 Å². The van der Waals surface area contributed by atoms with Crippen LogP contribution < -0.4 is 10.6 Å². The van der Waals surface area contributed by atoms with Gasteiger partial charge >= 0.3 is 0 Å². The lowest BCUT2D eigenvalue weighted by molar-refractivity contribution is 0.0997. The molecule has 6 heteroatoms. The normalized spacial score (nSPS) is 15.7. The highest BCUT2D eigenvalue weighted by Crippen LogP contribution is 2.44. The minimum Gasteiger partial charge on any atom is -0.459 e. The second-order valence-electron chi connectivity index (χ2n) is 9.93. The van der Waals surface area contributed by atoms with E-state index in [1.54, 1.807) is 12.1 Å². The van der Waals surface area contributed by atoms with Gasteiger partial charge in [0.25, 0.3) is 11.8 Å². The molecule has 0 fully saturated rings. The fourth-order valence-electron chi connectivity index (χ4n) is 4.75. The van der Waals surface area contributed by atoms with Crippen molar-refractivity contribution >= 4 is 44.6 Å². The Balaban J connectivity index is 1.52. The largest absolute Gasteiger partial charge is 0.459 e. The number of rotatable bonds is 4. The Morgan fingerprint density at radius 3 is 2.53 bits per heavy atom. The zero-order valence-corrected chi connectivity index (χ0v) is 20.4. The van der Waals surface area contributed by atoms with E-state index < -0.39 is 0 Å². The third-order valence-electron chi connectivity index (χ3n) is 6.73. The van der Waals surface area contributed by atoms with Crippen molar-refractivity contribution in [3.05, 3.63) is 82.6 Å². The molecule has 0 spiro atoms. The molecule has 1 unspecified atom stereocenters. The molecule has 5 rings (SSSR count). The van der Waals surface area contributed by atoms with Crippen LogP contribution in [0.1, 0.15) is 58.5 Å². The molecule has 1 aliphatic rings. The third-order valence-corrected chi connectivity index (χ3v) is 7.90. The number of amides is 2. The summed E-state index contributed by atoms with van der Waals surface area (Å²) >= 11 is 1.52. The van der Waals surface area contributed by atoms with E-state index in [1.807, 2.05) is 42.5 Å². The Kier molecular flexibility index (Phi) is 5.78. The summed E-state index contributed by atoms with van der Waals surface area (Å²) in [7, 11) is 0. The van der Waals surface area contributed by atoms with E-state index in [4.69, 9.17) is 4.42 Å². The first-order chi connectivity index (χ1) is 16.3. The first-order valence-corrected chi connectivity index (χ1v) is 12.4. The van der Waals surface area contributed by atoms with Gasteiger partial charge in [-0.25, -0.2) is 0 Å². The number of carbonyl (C=O) groups is 2. The van der Waals surface area contributed by atoms with E-state index in [9.17, 15) is 9.59 Å². The molecule has 2 heterocycles. The Bertz CT molecular complexity index is 1360. The van der Waals surface area contributed by atoms with Crippen LogP contribution >= 0.6 is 11.3 Å². The Labute approximate surface area is 203 Å². The molecule has 2 aromatic heterocycles. The predicted octanol–water partition coefficient (Wildman–Crippen LogP) is 7.15. The standard InChI is InChI=1S/C28H28N2O3S/c1-28(2,3)18-13-14-20-23(16-18)34-27(30-25(31)22-12-7-15-33-22)24(20)26(32)29-21-11-6-9-17-8-4-5-10-19(17)21/h4-12,15,18H,13-14,16H2,1-3H3,(H,29,32)(H,30,31). The Morgan fingerprint density at radius 2 is 1.76 bits per heavy atom. The van der Waals surface area contributed by atoms with Gasteiger partial charge in [0.1, 0.15) is 5.00 Å². The van der Waals surface area contributed by atoms with Crippen molar-refractivity contribution in [2.24, 2.45) is 11.3 Å². The van der Waals surface area contributed by atoms with Crippen LogP contribution in [-0.4, -0.2) is 11.8 Å². The maximum atomic E-state index is 13.7. The van der Waals surface area contributed by atoms with Crippen molar-refractivity contribution in [2.75, 3.05) is 10.6 Å². The fourth-order valence-corrected chi connectivity index (χ4v) is 6.07. The molecule has 174 valence electrons. The third kappa shape index (κ3) is 4.26. The Hall–Kier alpha value is -3.38. The zero-order chi connectivity index (χ0) is 23.9. The van der Waals surface area contributed by atoms with Crippen LogP contribution in [0.3, 0.4) is 0 Å². The molecule has 2 N–H and O–H groups in total. The molecule has 0 saturated heterocycles. The van der Waals surface area contributed by atoms with E-state index in [-0.39, 0.29) is 23.0 Å². The zero-order valence-electron chi connectivity index (χ0n) is 19.6. The van der Waals surface area contributed by atoms with Gasteiger partial charge in [-0.1, -0.05) is 57.2 Å². The van der Waals surface area contributed by atoms with Crippen molar-refractivity contribution in [2.45, 2.75) is 40.0 Å². The first kappa shape index (κ1) is 22.4. The van der Waals surface area contributed by atoms with Crippen molar-refractivity contribution in [3.8, 4) is 0 Å². The van der Waals surface area contributed by atoms with Crippen LogP contribution in [0, 0.1) is 11.3 Å². The van der Waals surface area contributed by atoms with Gasteiger partial charge < -0.3 is 15.1 Å². The number of fused-ring (bicyclic) bond motifs is 2. The SMILES string of the molecule is CC(C)(C)C1CCc2c(sc(NC(=O)c3ccco3)c2C(=O)Nc2cccc3ccccc23)C1. The number of hydrogen-bond donors (Lipinski definition) is 2. The van der Waals surface area contributed by atoms with Gasteiger partial charge in [0.2, 0.25) is 0 Å². The minimum absolute atomic E-state index is 0.185. The van der Waals surface area contributed by atoms with Gasteiger partial charge in [-0.05, 0) is 59.7 Å². The van der Waals surface area contributed by atoms with Gasteiger partial charge in [0, 0.05) is 16.0 Å². The fraction of sp³-hybridized carbons (Fsp3) is 0.286. The number of nitrogens with one attached hydrogen (secondary N) is 2. The first-order valence-electron chi connectivity index (χ1n) is 11.6. The van der Waals surface area contributed by atoms with E-state index in [1.165, 1.54) is 22.5 Å². The number of carbonyl (C=O) groups excluding carboxylic acids is 2. The molecule has 0 saturated carbocycles. The quantitative estimate of drug-likeness (QED) is 0.331. The van der Waals surface area contributed by atoms with Crippen molar-refractivity contribution < 1.29 is 14.0 Å². The topological polar surface area (TPSA) is 71.3 Å². The molecule has 34 heavy (non-hydrogen) atoms. The lowest BCUT2D eigenvalue weighted by Crippen LogP contribution is -2.27. The van der Waals surface area contributed by atoms with Crippen LogP contribution in [0.5, 0.6) is 0 Å². The van der Waals surface area contributed by atoms with Crippen LogP contribution in [0.2, 0.25) is 0 Å². The van der Waals surface area contributed by atoms with Crippen LogP contribution in [-0.2, 0) is 12.8 Å². The van der Waals surface area contributed by atoms with Gasteiger partial charge in [-0.3, -0.25) is 9.59 Å². The highest BCUT2D eigenvalue weighted by molar-refractivity contribution is 7.17. The molecule has 1 aliphatic carbocycles. The molecule has 0 radical (unpaired) electrons. The summed E-state index contributed by atoms with van der Waals surface area (Å²) in [5.41, 5.74) is 2.57.